The molecule has 0 bridgehead atoms. The highest BCUT2D eigenvalue weighted by Gasteiger charge is 2.26. The maximum Gasteiger partial charge on any atom is 0.0599 e. The summed E-state index contributed by atoms with van der Waals surface area (Å²) in [6.45, 7) is 7.72. The fraction of sp³-hybridized carbons (Fsp3) is 0.625. The summed E-state index contributed by atoms with van der Waals surface area (Å²) in [7, 11) is 0. The molecule has 112 valence electrons. The number of likely N-dealkylation sites (tertiary alicyclic amines) is 1. The topological polar surface area (TPSA) is 38.5 Å². The highest BCUT2D eigenvalue weighted by molar-refractivity contribution is 6.30. The van der Waals surface area contributed by atoms with Crippen molar-refractivity contribution < 1.29 is 4.74 Å². The second-order valence-electron chi connectivity index (χ2n) is 5.44. The second-order valence-corrected chi connectivity index (χ2v) is 5.88. The maximum absolute atomic E-state index is 6.04. The van der Waals surface area contributed by atoms with Crippen molar-refractivity contribution in [2.24, 2.45) is 5.73 Å². The molecule has 3 nitrogen and oxygen atoms in total. The molecule has 0 radical (unpaired) electrons. The van der Waals surface area contributed by atoms with Crippen LogP contribution >= 0.6 is 11.6 Å². The molecule has 1 aliphatic rings. The maximum atomic E-state index is 6.04. The van der Waals surface area contributed by atoms with Crippen LogP contribution in [0.25, 0.3) is 0 Å². The lowest BCUT2D eigenvalue weighted by atomic mass is 9.97. The van der Waals surface area contributed by atoms with E-state index in [9.17, 15) is 0 Å². The van der Waals surface area contributed by atoms with E-state index in [1.165, 1.54) is 11.1 Å². The second kappa shape index (κ2) is 7.41. The minimum atomic E-state index is 0.287. The van der Waals surface area contributed by atoms with Gasteiger partial charge in [-0.15, -0.1) is 0 Å². The van der Waals surface area contributed by atoms with Crippen molar-refractivity contribution in [1.29, 1.82) is 0 Å². The predicted molar refractivity (Wildman–Crippen MR) is 84.2 cm³/mol. The number of hydrogen-bond acceptors (Lipinski definition) is 3. The van der Waals surface area contributed by atoms with Gasteiger partial charge in [-0.2, -0.15) is 0 Å². The van der Waals surface area contributed by atoms with Crippen molar-refractivity contribution in [1.82, 2.24) is 4.90 Å². The van der Waals surface area contributed by atoms with E-state index in [1.54, 1.807) is 0 Å². The van der Waals surface area contributed by atoms with Crippen molar-refractivity contribution in [2.45, 2.75) is 38.8 Å². The van der Waals surface area contributed by atoms with E-state index < -0.39 is 0 Å². The Morgan fingerprint density at radius 3 is 2.65 bits per heavy atom. The first-order chi connectivity index (χ1) is 9.65. The molecular formula is C16H25ClN2O. The van der Waals surface area contributed by atoms with Crippen LogP contribution in [0.5, 0.6) is 0 Å². The molecule has 1 aliphatic heterocycles. The van der Waals surface area contributed by atoms with Crippen LogP contribution in [0.4, 0.5) is 0 Å². The van der Waals surface area contributed by atoms with Crippen LogP contribution in [0.15, 0.2) is 18.2 Å². The molecule has 0 aromatic heterocycles. The van der Waals surface area contributed by atoms with Crippen molar-refractivity contribution in [3.05, 3.63) is 34.3 Å². The van der Waals surface area contributed by atoms with Gasteiger partial charge in [0.2, 0.25) is 0 Å². The van der Waals surface area contributed by atoms with E-state index in [1.807, 2.05) is 12.1 Å². The smallest absolute Gasteiger partial charge is 0.0599 e. The summed E-state index contributed by atoms with van der Waals surface area (Å²) in [5, 5.41) is 0.789. The lowest BCUT2D eigenvalue weighted by Gasteiger charge is -2.37. The summed E-state index contributed by atoms with van der Waals surface area (Å²) >= 11 is 6.04. The Balaban J connectivity index is 2.05. The third-order valence-electron chi connectivity index (χ3n) is 4.13. The summed E-state index contributed by atoms with van der Waals surface area (Å²) < 4.78 is 5.71. The van der Waals surface area contributed by atoms with Crippen LogP contribution < -0.4 is 5.73 Å². The molecule has 1 aromatic rings. The molecule has 2 N–H and O–H groups in total. The molecule has 0 amide bonds. The van der Waals surface area contributed by atoms with Crippen LogP contribution in [-0.4, -0.2) is 37.2 Å². The van der Waals surface area contributed by atoms with Gasteiger partial charge in [-0.25, -0.2) is 0 Å². The predicted octanol–water partition coefficient (Wildman–Crippen LogP) is 3.15. The molecule has 4 heteroatoms. The SMILES string of the molecule is CCOC1CCN(C(CN)c2ccc(Cl)cc2C)CC1. The molecule has 1 aromatic carbocycles. The van der Waals surface area contributed by atoms with E-state index in [2.05, 4.69) is 24.8 Å². The van der Waals surface area contributed by atoms with Gasteiger partial charge in [0.1, 0.15) is 0 Å². The molecule has 2 rings (SSSR count). The highest BCUT2D eigenvalue weighted by Crippen LogP contribution is 2.28. The first-order valence-corrected chi connectivity index (χ1v) is 7.85. The van der Waals surface area contributed by atoms with Crippen LogP contribution in [0.1, 0.15) is 36.9 Å². The number of nitrogens with two attached hydrogens (primary N) is 1. The monoisotopic (exact) mass is 296 g/mol. The van der Waals surface area contributed by atoms with E-state index in [0.29, 0.717) is 12.6 Å². The Hall–Kier alpha value is -0.610. The van der Waals surface area contributed by atoms with Crippen molar-refractivity contribution in [3.8, 4) is 0 Å². The first kappa shape index (κ1) is 15.8. The number of benzene rings is 1. The van der Waals surface area contributed by atoms with Gasteiger partial charge < -0.3 is 10.5 Å². The summed E-state index contributed by atoms with van der Waals surface area (Å²) in [6, 6.07) is 6.38. The number of piperidine rings is 1. The highest BCUT2D eigenvalue weighted by atomic mass is 35.5. The van der Waals surface area contributed by atoms with Gasteiger partial charge in [0.05, 0.1) is 6.10 Å². The Kier molecular flexibility index (Phi) is 5.85. The number of halogens is 1. The number of nitrogens with zero attached hydrogens (tertiary/aromatic N) is 1. The van der Waals surface area contributed by atoms with Crippen LogP contribution in [0.3, 0.4) is 0 Å². The van der Waals surface area contributed by atoms with E-state index in [0.717, 1.165) is 37.6 Å². The Morgan fingerprint density at radius 2 is 2.10 bits per heavy atom. The van der Waals surface area contributed by atoms with Crippen molar-refractivity contribution in [2.75, 3.05) is 26.2 Å². The van der Waals surface area contributed by atoms with Gasteiger partial charge in [-0.05, 0) is 49.9 Å². The quantitative estimate of drug-likeness (QED) is 0.907. The average Bonchev–Trinajstić information content (AvgIpc) is 2.44. The van der Waals surface area contributed by atoms with Gasteiger partial charge >= 0.3 is 0 Å². The molecule has 0 spiro atoms. The first-order valence-electron chi connectivity index (χ1n) is 7.47. The molecule has 0 saturated carbocycles. The lowest BCUT2D eigenvalue weighted by Crippen LogP contribution is -2.42. The summed E-state index contributed by atoms with van der Waals surface area (Å²) in [4.78, 5) is 2.48. The molecule has 0 aliphatic carbocycles. The molecule has 1 heterocycles. The number of ether oxygens (including phenoxy) is 1. The Morgan fingerprint density at radius 1 is 1.40 bits per heavy atom. The zero-order valence-corrected chi connectivity index (χ0v) is 13.2. The van der Waals surface area contributed by atoms with Crippen LogP contribution in [-0.2, 0) is 4.74 Å². The van der Waals surface area contributed by atoms with Gasteiger partial charge in [0.25, 0.3) is 0 Å². The zero-order chi connectivity index (χ0) is 14.5. The van der Waals surface area contributed by atoms with E-state index >= 15 is 0 Å². The minimum absolute atomic E-state index is 0.287. The third-order valence-corrected chi connectivity index (χ3v) is 4.37. The third kappa shape index (κ3) is 3.73. The summed E-state index contributed by atoms with van der Waals surface area (Å²) in [5.41, 5.74) is 8.55. The lowest BCUT2D eigenvalue weighted by molar-refractivity contribution is 0.00446. The molecule has 1 fully saturated rings. The summed E-state index contributed by atoms with van der Waals surface area (Å²) in [5.74, 6) is 0. The zero-order valence-electron chi connectivity index (χ0n) is 12.4. The van der Waals surface area contributed by atoms with Crippen molar-refractivity contribution >= 4 is 11.6 Å². The standard InChI is InChI=1S/C16H25ClN2O/c1-3-20-14-6-8-19(9-7-14)16(11-18)15-5-4-13(17)10-12(15)2/h4-5,10,14,16H,3,6-9,11,18H2,1-2H3. The normalized spacial score (nSPS) is 19.2. The molecular weight excluding hydrogens is 272 g/mol. The Bertz CT molecular complexity index is 430. The largest absolute Gasteiger partial charge is 0.378 e. The van der Waals surface area contributed by atoms with Gasteiger partial charge in [0.15, 0.2) is 0 Å². The van der Waals surface area contributed by atoms with Crippen LogP contribution in [0.2, 0.25) is 5.02 Å². The van der Waals surface area contributed by atoms with Gasteiger partial charge in [0, 0.05) is 37.3 Å². The fourth-order valence-electron chi connectivity index (χ4n) is 3.08. The van der Waals surface area contributed by atoms with Crippen molar-refractivity contribution in [3.63, 3.8) is 0 Å². The van der Waals surface area contributed by atoms with Crippen LogP contribution in [0, 0.1) is 6.92 Å². The molecule has 1 unspecified atom stereocenters. The van der Waals surface area contributed by atoms with E-state index in [-0.39, 0.29) is 6.04 Å². The Labute approximate surface area is 127 Å². The van der Waals surface area contributed by atoms with E-state index in [4.69, 9.17) is 22.1 Å². The average molecular weight is 297 g/mol. The van der Waals surface area contributed by atoms with Gasteiger partial charge in [-0.3, -0.25) is 4.90 Å². The van der Waals surface area contributed by atoms with Gasteiger partial charge in [-0.1, -0.05) is 17.7 Å². The number of hydrogen-bond donors (Lipinski definition) is 1. The fourth-order valence-corrected chi connectivity index (χ4v) is 3.30. The molecule has 1 atom stereocenters. The molecule has 20 heavy (non-hydrogen) atoms. The number of aryl methyl sites for hydroxylation is 1. The number of rotatable bonds is 5. The molecule has 1 saturated heterocycles. The minimum Gasteiger partial charge on any atom is -0.378 e. The summed E-state index contributed by atoms with van der Waals surface area (Å²) in [6.07, 6.45) is 2.61.